The molecule has 0 amide bonds. The van der Waals surface area contributed by atoms with Crippen LogP contribution in [0.3, 0.4) is 0 Å². The maximum absolute atomic E-state index is 12.5. The number of rotatable bonds is 4. The number of aromatic amines is 1. The molecule has 0 atom stereocenters. The Morgan fingerprint density at radius 3 is 2.45 bits per heavy atom. The third kappa shape index (κ3) is 2.58. The smallest absolute Gasteiger partial charge is 0.329 e. The number of hydrogen-bond acceptors (Lipinski definition) is 3. The van der Waals surface area contributed by atoms with Crippen LogP contribution >= 0.6 is 0 Å². The van der Waals surface area contributed by atoms with E-state index in [1.165, 1.54) is 4.57 Å². The molecule has 1 N–H and O–H groups in total. The number of nitrogens with zero attached hydrogens (tertiary/aromatic N) is 1. The lowest BCUT2D eigenvalue weighted by Crippen LogP contribution is -2.35. The van der Waals surface area contributed by atoms with Crippen molar-refractivity contribution in [1.29, 1.82) is 0 Å². The van der Waals surface area contributed by atoms with Crippen molar-refractivity contribution in [3.8, 4) is 0 Å². The molecule has 1 aromatic heterocycles. The second-order valence-electron chi connectivity index (χ2n) is 5.07. The predicted octanol–water partition coefficient (Wildman–Crippen LogP) is 1.88. The number of hydrogen-bond donors (Lipinski definition) is 1. The van der Waals surface area contributed by atoms with Crippen LogP contribution in [0.2, 0.25) is 0 Å². The van der Waals surface area contributed by atoms with Crippen molar-refractivity contribution >= 4 is 10.9 Å². The number of fused-ring (bicyclic) bond motifs is 1. The first kappa shape index (κ1) is 14.3. The van der Waals surface area contributed by atoms with Gasteiger partial charge in [-0.25, -0.2) is 4.79 Å². The normalized spacial score (nSPS) is 11.0. The summed E-state index contributed by atoms with van der Waals surface area (Å²) < 4.78 is 6.38. The van der Waals surface area contributed by atoms with E-state index in [0.717, 1.165) is 11.1 Å². The van der Waals surface area contributed by atoms with Crippen LogP contribution in [-0.2, 0) is 17.9 Å². The zero-order chi connectivity index (χ0) is 15.5. The molecule has 5 heteroatoms. The minimum Gasteiger partial charge on any atom is -0.380 e. The highest BCUT2D eigenvalue weighted by molar-refractivity contribution is 5.76. The Morgan fingerprint density at radius 1 is 1.00 bits per heavy atom. The van der Waals surface area contributed by atoms with Crippen LogP contribution in [-0.4, -0.2) is 16.7 Å². The molecule has 3 aromatic rings. The molecule has 0 aliphatic heterocycles. The zero-order valence-electron chi connectivity index (χ0n) is 12.2. The van der Waals surface area contributed by atoms with Gasteiger partial charge in [0, 0.05) is 7.11 Å². The zero-order valence-corrected chi connectivity index (χ0v) is 12.2. The van der Waals surface area contributed by atoms with E-state index < -0.39 is 5.69 Å². The summed E-state index contributed by atoms with van der Waals surface area (Å²) >= 11 is 0. The molecule has 2 aromatic carbocycles. The average molecular weight is 296 g/mol. The fraction of sp³-hybridized carbons (Fsp3) is 0.176. The molecule has 0 bridgehead atoms. The van der Waals surface area contributed by atoms with E-state index in [1.54, 1.807) is 31.4 Å². The van der Waals surface area contributed by atoms with Crippen LogP contribution < -0.4 is 11.2 Å². The highest BCUT2D eigenvalue weighted by atomic mass is 16.5. The summed E-state index contributed by atoms with van der Waals surface area (Å²) in [5.74, 6) is 0. The number of ether oxygens (including phenoxy) is 1. The van der Waals surface area contributed by atoms with Crippen molar-refractivity contribution < 1.29 is 4.74 Å². The van der Waals surface area contributed by atoms with Crippen molar-refractivity contribution in [3.05, 3.63) is 80.5 Å². The molecule has 3 rings (SSSR count). The van der Waals surface area contributed by atoms with Crippen LogP contribution in [0.1, 0.15) is 11.1 Å². The first-order valence-corrected chi connectivity index (χ1v) is 6.98. The van der Waals surface area contributed by atoms with Gasteiger partial charge in [0.1, 0.15) is 0 Å². The molecular weight excluding hydrogens is 280 g/mol. The quantitative estimate of drug-likeness (QED) is 0.799. The Labute approximate surface area is 126 Å². The Kier molecular flexibility index (Phi) is 3.89. The highest BCUT2D eigenvalue weighted by Crippen LogP contribution is 2.11. The first-order valence-electron chi connectivity index (χ1n) is 6.98. The lowest BCUT2D eigenvalue weighted by molar-refractivity contribution is 0.184. The summed E-state index contributed by atoms with van der Waals surface area (Å²) in [6.45, 7) is 0.662. The Bertz CT molecular complexity index is 925. The third-order valence-corrected chi connectivity index (χ3v) is 3.64. The Hall–Kier alpha value is -2.66. The molecule has 0 aliphatic carbocycles. The summed E-state index contributed by atoms with van der Waals surface area (Å²) in [4.78, 5) is 27.5. The highest BCUT2D eigenvalue weighted by Gasteiger charge is 2.09. The second-order valence-corrected chi connectivity index (χ2v) is 5.07. The average Bonchev–Trinajstić information content (AvgIpc) is 2.53. The van der Waals surface area contributed by atoms with E-state index in [4.69, 9.17) is 4.74 Å². The number of nitrogens with one attached hydrogen (secondary N) is 1. The van der Waals surface area contributed by atoms with Gasteiger partial charge in [0.2, 0.25) is 0 Å². The predicted molar refractivity (Wildman–Crippen MR) is 85.1 cm³/mol. The lowest BCUT2D eigenvalue weighted by atomic mass is 10.1. The molecule has 0 unspecified atom stereocenters. The molecule has 22 heavy (non-hydrogen) atoms. The number of benzene rings is 2. The SMILES string of the molecule is COCc1ccccc1Cn1c(=O)[nH]c2ccccc2c1=O. The van der Waals surface area contributed by atoms with Gasteiger partial charge in [0.25, 0.3) is 5.56 Å². The molecule has 0 saturated carbocycles. The van der Waals surface area contributed by atoms with Crippen molar-refractivity contribution in [2.24, 2.45) is 0 Å². The molecule has 0 spiro atoms. The van der Waals surface area contributed by atoms with Gasteiger partial charge >= 0.3 is 5.69 Å². The minimum absolute atomic E-state index is 0.221. The molecular formula is C17H16N2O3. The molecule has 0 aliphatic rings. The van der Waals surface area contributed by atoms with Gasteiger partial charge in [-0.2, -0.15) is 0 Å². The maximum Gasteiger partial charge on any atom is 0.329 e. The van der Waals surface area contributed by atoms with Gasteiger partial charge in [-0.3, -0.25) is 9.36 Å². The lowest BCUT2D eigenvalue weighted by Gasteiger charge is -2.10. The number of H-pyrrole nitrogens is 1. The molecule has 5 nitrogen and oxygen atoms in total. The monoisotopic (exact) mass is 296 g/mol. The number of aromatic nitrogens is 2. The standard InChI is InChI=1S/C17H16N2O3/c1-22-11-13-7-3-2-6-12(13)10-19-16(20)14-8-4-5-9-15(14)18-17(19)21/h2-9H,10-11H2,1H3,(H,18,21). The van der Waals surface area contributed by atoms with Gasteiger partial charge < -0.3 is 9.72 Å². The minimum atomic E-state index is -0.407. The molecule has 1 heterocycles. The largest absolute Gasteiger partial charge is 0.380 e. The van der Waals surface area contributed by atoms with E-state index in [-0.39, 0.29) is 12.1 Å². The fourth-order valence-corrected chi connectivity index (χ4v) is 2.52. The Morgan fingerprint density at radius 2 is 1.68 bits per heavy atom. The van der Waals surface area contributed by atoms with Gasteiger partial charge in [0.15, 0.2) is 0 Å². The van der Waals surface area contributed by atoms with Crippen LogP contribution in [0.15, 0.2) is 58.1 Å². The van der Waals surface area contributed by atoms with E-state index in [9.17, 15) is 9.59 Å². The van der Waals surface area contributed by atoms with Crippen molar-refractivity contribution in [2.75, 3.05) is 7.11 Å². The van der Waals surface area contributed by atoms with Crippen LogP contribution in [0.25, 0.3) is 10.9 Å². The van der Waals surface area contributed by atoms with E-state index in [2.05, 4.69) is 4.98 Å². The van der Waals surface area contributed by atoms with Crippen LogP contribution in [0.4, 0.5) is 0 Å². The molecule has 0 saturated heterocycles. The van der Waals surface area contributed by atoms with Crippen molar-refractivity contribution in [3.63, 3.8) is 0 Å². The van der Waals surface area contributed by atoms with Crippen LogP contribution in [0.5, 0.6) is 0 Å². The Balaban J connectivity index is 2.12. The topological polar surface area (TPSA) is 64.1 Å². The van der Waals surface area contributed by atoms with Crippen molar-refractivity contribution in [2.45, 2.75) is 13.2 Å². The molecule has 0 fully saturated rings. The summed E-state index contributed by atoms with van der Waals surface area (Å²) in [5.41, 5.74) is 1.72. The van der Waals surface area contributed by atoms with E-state index >= 15 is 0 Å². The van der Waals surface area contributed by atoms with Gasteiger partial charge in [-0.15, -0.1) is 0 Å². The summed E-state index contributed by atoms with van der Waals surface area (Å²) in [6.07, 6.45) is 0. The molecule has 112 valence electrons. The van der Waals surface area contributed by atoms with E-state index in [0.29, 0.717) is 17.5 Å². The summed E-state index contributed by atoms with van der Waals surface area (Å²) in [5, 5.41) is 0.506. The number of methoxy groups -OCH3 is 1. The molecule has 0 radical (unpaired) electrons. The second kappa shape index (κ2) is 5.99. The summed E-state index contributed by atoms with van der Waals surface area (Å²) in [7, 11) is 1.62. The van der Waals surface area contributed by atoms with Crippen LogP contribution in [0, 0.1) is 0 Å². The van der Waals surface area contributed by atoms with E-state index in [1.807, 2.05) is 24.3 Å². The van der Waals surface area contributed by atoms with Gasteiger partial charge in [-0.05, 0) is 23.3 Å². The van der Waals surface area contributed by atoms with Gasteiger partial charge in [-0.1, -0.05) is 36.4 Å². The summed E-state index contributed by atoms with van der Waals surface area (Å²) in [6, 6.07) is 14.6. The van der Waals surface area contributed by atoms with Crippen molar-refractivity contribution in [1.82, 2.24) is 9.55 Å². The first-order chi connectivity index (χ1) is 10.7. The maximum atomic E-state index is 12.5. The fourth-order valence-electron chi connectivity index (χ4n) is 2.52. The number of para-hydroxylation sites is 1. The van der Waals surface area contributed by atoms with Gasteiger partial charge in [0.05, 0.1) is 24.1 Å². The third-order valence-electron chi connectivity index (χ3n) is 3.64.